The van der Waals surface area contributed by atoms with E-state index in [2.05, 4.69) is 0 Å². The van der Waals surface area contributed by atoms with Gasteiger partial charge in [-0.3, -0.25) is 4.79 Å². The molecule has 0 bridgehead atoms. The smallest absolute Gasteiger partial charge is 0.165 e. The van der Waals surface area contributed by atoms with E-state index in [9.17, 15) is 9.18 Å². The van der Waals surface area contributed by atoms with Gasteiger partial charge in [-0.15, -0.1) is 0 Å². The third-order valence-corrected chi connectivity index (χ3v) is 1.69. The van der Waals surface area contributed by atoms with Gasteiger partial charge in [-0.25, -0.2) is 4.39 Å². The number of benzene rings is 1. The number of allylic oxidation sites excluding steroid dienone is 1. The van der Waals surface area contributed by atoms with E-state index in [4.69, 9.17) is 4.74 Å². The summed E-state index contributed by atoms with van der Waals surface area (Å²) in [4.78, 5) is 10.6. The molecule has 0 unspecified atom stereocenters. The Morgan fingerprint density at radius 3 is 2.79 bits per heavy atom. The summed E-state index contributed by atoms with van der Waals surface area (Å²) in [7, 11) is 1.40. The Balaban J connectivity index is 2.95. The molecule has 0 aliphatic heterocycles. The largest absolute Gasteiger partial charge is 0.494 e. The van der Waals surface area contributed by atoms with Crippen molar-refractivity contribution < 1.29 is 13.9 Å². The summed E-state index contributed by atoms with van der Waals surface area (Å²) < 4.78 is 17.8. The fraction of sp³-hybridized carbons (Fsp3) is 0.182. The molecule has 14 heavy (non-hydrogen) atoms. The molecule has 1 aromatic carbocycles. The molecule has 0 aliphatic rings. The summed E-state index contributed by atoms with van der Waals surface area (Å²) in [5.74, 6) is -0.281. The van der Waals surface area contributed by atoms with Gasteiger partial charge in [-0.1, -0.05) is 12.1 Å². The molecule has 74 valence electrons. The first-order valence-electron chi connectivity index (χ1n) is 4.15. The van der Waals surface area contributed by atoms with Crippen LogP contribution in [0.2, 0.25) is 0 Å². The quantitative estimate of drug-likeness (QED) is 0.691. The van der Waals surface area contributed by atoms with Crippen molar-refractivity contribution in [2.24, 2.45) is 0 Å². The molecule has 2 nitrogen and oxygen atoms in total. The summed E-state index contributed by atoms with van der Waals surface area (Å²) in [5.41, 5.74) is 0.735. The van der Waals surface area contributed by atoms with Crippen LogP contribution in [0.1, 0.15) is 12.5 Å². The summed E-state index contributed by atoms with van der Waals surface area (Å²) in [6.07, 6.45) is 3.04. The first-order chi connectivity index (χ1) is 6.63. The zero-order valence-corrected chi connectivity index (χ0v) is 8.08. The van der Waals surface area contributed by atoms with Gasteiger partial charge in [0.05, 0.1) is 7.11 Å². The maximum Gasteiger partial charge on any atom is 0.165 e. The summed E-state index contributed by atoms with van der Waals surface area (Å²) in [6, 6.07) is 4.42. The molecule has 0 amide bonds. The Labute approximate surface area is 82.0 Å². The molecule has 0 heterocycles. The van der Waals surface area contributed by atoms with Gasteiger partial charge in [0.25, 0.3) is 0 Å². The van der Waals surface area contributed by atoms with Gasteiger partial charge in [-0.2, -0.15) is 0 Å². The van der Waals surface area contributed by atoms with E-state index in [1.54, 1.807) is 12.1 Å². The molecule has 0 saturated heterocycles. The second-order valence-electron chi connectivity index (χ2n) is 2.84. The molecule has 3 heteroatoms. The van der Waals surface area contributed by atoms with Gasteiger partial charge in [0.1, 0.15) is 0 Å². The van der Waals surface area contributed by atoms with Gasteiger partial charge in [0.2, 0.25) is 0 Å². The minimum Gasteiger partial charge on any atom is -0.494 e. The molecule has 0 radical (unpaired) electrons. The monoisotopic (exact) mass is 194 g/mol. The fourth-order valence-electron chi connectivity index (χ4n) is 0.994. The van der Waals surface area contributed by atoms with Crippen LogP contribution < -0.4 is 4.74 Å². The van der Waals surface area contributed by atoms with E-state index >= 15 is 0 Å². The first kappa shape index (κ1) is 10.4. The molecule has 0 N–H and O–H groups in total. The second kappa shape index (κ2) is 4.56. The number of hydrogen-bond donors (Lipinski definition) is 0. The molecule has 1 rings (SSSR count). The number of hydrogen-bond acceptors (Lipinski definition) is 2. The van der Waals surface area contributed by atoms with E-state index in [1.807, 2.05) is 0 Å². The number of halogens is 1. The van der Waals surface area contributed by atoms with Crippen LogP contribution in [0.4, 0.5) is 4.39 Å². The summed E-state index contributed by atoms with van der Waals surface area (Å²) in [5, 5.41) is 0. The number of methoxy groups -OCH3 is 1. The highest BCUT2D eigenvalue weighted by Crippen LogP contribution is 2.18. The topological polar surface area (TPSA) is 26.3 Å². The Bertz CT molecular complexity index is 370. The zero-order chi connectivity index (χ0) is 10.6. The highest BCUT2D eigenvalue weighted by molar-refractivity contribution is 5.91. The number of carbonyl (C=O) groups is 1. The minimum absolute atomic E-state index is 0.0479. The van der Waals surface area contributed by atoms with Crippen molar-refractivity contribution in [2.75, 3.05) is 7.11 Å². The number of ketones is 1. The van der Waals surface area contributed by atoms with E-state index in [0.29, 0.717) is 0 Å². The molecular weight excluding hydrogens is 183 g/mol. The highest BCUT2D eigenvalue weighted by Gasteiger charge is 2.01. The van der Waals surface area contributed by atoms with Gasteiger partial charge in [-0.05, 0) is 30.7 Å². The first-order valence-corrected chi connectivity index (χ1v) is 4.15. The third kappa shape index (κ3) is 2.69. The minimum atomic E-state index is -0.410. The Morgan fingerprint density at radius 2 is 2.21 bits per heavy atom. The van der Waals surface area contributed by atoms with E-state index in [-0.39, 0.29) is 11.5 Å². The van der Waals surface area contributed by atoms with E-state index in [0.717, 1.165) is 5.56 Å². The van der Waals surface area contributed by atoms with Crippen molar-refractivity contribution >= 4 is 11.9 Å². The average Bonchev–Trinajstić information content (AvgIpc) is 2.16. The molecule has 0 aromatic heterocycles. The fourth-order valence-corrected chi connectivity index (χ4v) is 0.994. The molecule has 0 saturated carbocycles. The van der Waals surface area contributed by atoms with Crippen LogP contribution >= 0.6 is 0 Å². The summed E-state index contributed by atoms with van der Waals surface area (Å²) >= 11 is 0. The Hall–Kier alpha value is -1.64. The Morgan fingerprint density at radius 1 is 1.50 bits per heavy atom. The van der Waals surface area contributed by atoms with Crippen LogP contribution in [0.3, 0.4) is 0 Å². The maximum absolute atomic E-state index is 13.0. The van der Waals surface area contributed by atoms with Gasteiger partial charge in [0, 0.05) is 0 Å². The predicted molar refractivity (Wildman–Crippen MR) is 52.7 cm³/mol. The molecular formula is C11H11FO2. The lowest BCUT2D eigenvalue weighted by Gasteiger charge is -2.01. The standard InChI is InChI=1S/C11H11FO2/c1-8(13)3-4-9-5-6-10(12)11(7-9)14-2/h3-7H,1-2H3. The SMILES string of the molecule is COc1cc(C=CC(C)=O)ccc1F. The van der Waals surface area contributed by atoms with Crippen LogP contribution in [0.25, 0.3) is 6.08 Å². The predicted octanol–water partition coefficient (Wildman–Crippen LogP) is 2.44. The molecule has 0 aliphatic carbocycles. The molecule has 0 spiro atoms. The summed E-state index contributed by atoms with van der Waals surface area (Å²) in [6.45, 7) is 1.46. The lowest BCUT2D eigenvalue weighted by atomic mass is 10.2. The Kier molecular flexibility index (Phi) is 3.40. The molecule has 1 aromatic rings. The van der Waals surface area contributed by atoms with E-state index < -0.39 is 5.82 Å². The normalized spacial score (nSPS) is 10.5. The van der Waals surface area contributed by atoms with Crippen molar-refractivity contribution in [3.8, 4) is 5.75 Å². The lowest BCUT2D eigenvalue weighted by molar-refractivity contribution is -0.112. The molecule has 0 atom stereocenters. The number of rotatable bonds is 3. The molecule has 0 fully saturated rings. The van der Waals surface area contributed by atoms with E-state index in [1.165, 1.54) is 32.2 Å². The maximum atomic E-state index is 13.0. The third-order valence-electron chi connectivity index (χ3n) is 1.69. The van der Waals surface area contributed by atoms with Crippen molar-refractivity contribution in [1.29, 1.82) is 0 Å². The second-order valence-corrected chi connectivity index (χ2v) is 2.84. The van der Waals surface area contributed by atoms with Crippen molar-refractivity contribution in [1.82, 2.24) is 0 Å². The van der Waals surface area contributed by atoms with Gasteiger partial charge >= 0.3 is 0 Å². The van der Waals surface area contributed by atoms with Crippen molar-refractivity contribution in [2.45, 2.75) is 6.92 Å². The van der Waals surface area contributed by atoms with Crippen LogP contribution in [-0.2, 0) is 4.79 Å². The average molecular weight is 194 g/mol. The van der Waals surface area contributed by atoms with Crippen LogP contribution in [0.15, 0.2) is 24.3 Å². The van der Waals surface area contributed by atoms with Gasteiger partial charge < -0.3 is 4.74 Å². The highest BCUT2D eigenvalue weighted by atomic mass is 19.1. The lowest BCUT2D eigenvalue weighted by Crippen LogP contribution is -1.88. The van der Waals surface area contributed by atoms with Crippen LogP contribution in [0, 0.1) is 5.82 Å². The number of ether oxygens (including phenoxy) is 1. The number of carbonyl (C=O) groups excluding carboxylic acids is 1. The van der Waals surface area contributed by atoms with Crippen LogP contribution in [-0.4, -0.2) is 12.9 Å². The zero-order valence-electron chi connectivity index (χ0n) is 8.08. The van der Waals surface area contributed by atoms with Crippen molar-refractivity contribution in [3.63, 3.8) is 0 Å². The van der Waals surface area contributed by atoms with Crippen LogP contribution in [0.5, 0.6) is 5.75 Å². The van der Waals surface area contributed by atoms with Gasteiger partial charge in [0.15, 0.2) is 17.3 Å². The van der Waals surface area contributed by atoms with Crippen molar-refractivity contribution in [3.05, 3.63) is 35.7 Å².